The van der Waals surface area contributed by atoms with Crippen LogP contribution in [0.3, 0.4) is 0 Å². The summed E-state index contributed by atoms with van der Waals surface area (Å²) in [6.45, 7) is 2.81. The Hall–Kier alpha value is -1.40. The lowest BCUT2D eigenvalue weighted by molar-refractivity contribution is -0.132. The summed E-state index contributed by atoms with van der Waals surface area (Å²) >= 11 is 3.33. The maximum atomic E-state index is 11.9. The summed E-state index contributed by atoms with van der Waals surface area (Å²) in [4.78, 5) is 26.9. The van der Waals surface area contributed by atoms with Crippen molar-refractivity contribution in [3.8, 4) is 0 Å². The van der Waals surface area contributed by atoms with E-state index in [2.05, 4.69) is 21.2 Å². The molecule has 110 valence electrons. The van der Waals surface area contributed by atoms with E-state index in [4.69, 9.17) is 0 Å². The quantitative estimate of drug-likeness (QED) is 0.858. The maximum absolute atomic E-state index is 11.9. The van der Waals surface area contributed by atoms with Crippen molar-refractivity contribution in [1.82, 2.24) is 9.80 Å². The van der Waals surface area contributed by atoms with Crippen LogP contribution in [0.25, 0.3) is 0 Å². The van der Waals surface area contributed by atoms with Crippen molar-refractivity contribution in [1.29, 1.82) is 0 Å². The number of benzene rings is 1. The minimum Gasteiger partial charge on any atom is -0.332 e. The van der Waals surface area contributed by atoms with Gasteiger partial charge in [-0.3, -0.25) is 9.59 Å². The molecule has 0 radical (unpaired) electrons. The van der Waals surface area contributed by atoms with Gasteiger partial charge < -0.3 is 15.1 Å². The van der Waals surface area contributed by atoms with E-state index in [0.29, 0.717) is 12.2 Å². The Morgan fingerprint density at radius 1 is 1.15 bits per heavy atom. The fourth-order valence-corrected chi connectivity index (χ4v) is 1.84. The predicted molar refractivity (Wildman–Crippen MR) is 83.6 cm³/mol. The molecule has 0 fully saturated rings. The molecule has 0 spiro atoms. The van der Waals surface area contributed by atoms with Gasteiger partial charge in [-0.15, -0.1) is 0 Å². The summed E-state index contributed by atoms with van der Waals surface area (Å²) in [7, 11) is 3.86. The van der Waals surface area contributed by atoms with E-state index in [9.17, 15) is 9.59 Å². The van der Waals surface area contributed by atoms with Crippen LogP contribution in [0.1, 0.15) is 6.92 Å². The molecule has 0 saturated carbocycles. The van der Waals surface area contributed by atoms with Gasteiger partial charge in [0.15, 0.2) is 0 Å². The number of amides is 2. The zero-order chi connectivity index (χ0) is 15.1. The monoisotopic (exact) mass is 341 g/mol. The van der Waals surface area contributed by atoms with Gasteiger partial charge in [-0.25, -0.2) is 0 Å². The van der Waals surface area contributed by atoms with Crippen molar-refractivity contribution in [2.45, 2.75) is 6.92 Å². The van der Waals surface area contributed by atoms with Crippen LogP contribution in [0, 0.1) is 0 Å². The van der Waals surface area contributed by atoms with E-state index in [-0.39, 0.29) is 18.4 Å². The van der Waals surface area contributed by atoms with E-state index in [1.807, 2.05) is 31.1 Å². The molecule has 0 aliphatic heterocycles. The highest BCUT2D eigenvalue weighted by molar-refractivity contribution is 9.10. The summed E-state index contributed by atoms with van der Waals surface area (Å²) < 4.78 is 0.951. The molecule has 0 heterocycles. The molecule has 0 atom stereocenters. The third kappa shape index (κ3) is 6.16. The van der Waals surface area contributed by atoms with Gasteiger partial charge >= 0.3 is 0 Å². The zero-order valence-electron chi connectivity index (χ0n) is 12.0. The topological polar surface area (TPSA) is 52.7 Å². The standard InChI is InChI=1S/C14H20BrN3O2/c1-11(19)18(9-8-17(2)3)10-14(20)16-13-6-4-12(15)5-7-13/h4-7H,8-10H2,1-3H3,(H,16,20). The molecule has 1 aromatic rings. The van der Waals surface area contributed by atoms with Gasteiger partial charge in [-0.2, -0.15) is 0 Å². The highest BCUT2D eigenvalue weighted by atomic mass is 79.9. The Morgan fingerprint density at radius 3 is 2.25 bits per heavy atom. The normalized spacial score (nSPS) is 10.4. The van der Waals surface area contributed by atoms with E-state index in [1.165, 1.54) is 11.8 Å². The Morgan fingerprint density at radius 2 is 1.75 bits per heavy atom. The molecule has 6 heteroatoms. The molecule has 20 heavy (non-hydrogen) atoms. The van der Waals surface area contributed by atoms with E-state index >= 15 is 0 Å². The summed E-state index contributed by atoms with van der Waals surface area (Å²) in [5.41, 5.74) is 0.717. The number of nitrogens with zero attached hydrogens (tertiary/aromatic N) is 2. The van der Waals surface area contributed by atoms with E-state index in [1.54, 1.807) is 12.1 Å². The average molecular weight is 342 g/mol. The van der Waals surface area contributed by atoms with Crippen LogP contribution < -0.4 is 5.32 Å². The number of rotatable bonds is 6. The highest BCUT2D eigenvalue weighted by Crippen LogP contribution is 2.13. The first-order valence-electron chi connectivity index (χ1n) is 6.34. The van der Waals surface area contributed by atoms with Gasteiger partial charge in [0.25, 0.3) is 0 Å². The smallest absolute Gasteiger partial charge is 0.243 e. The van der Waals surface area contributed by atoms with Crippen molar-refractivity contribution in [3.63, 3.8) is 0 Å². The molecule has 0 aliphatic rings. The van der Waals surface area contributed by atoms with Gasteiger partial charge in [0.2, 0.25) is 11.8 Å². The number of hydrogen-bond acceptors (Lipinski definition) is 3. The second kappa shape index (κ2) is 8.01. The Labute approximate surface area is 128 Å². The van der Waals surface area contributed by atoms with Gasteiger partial charge in [0.1, 0.15) is 0 Å². The molecular formula is C14H20BrN3O2. The van der Waals surface area contributed by atoms with Crippen LogP contribution in [-0.4, -0.2) is 55.3 Å². The van der Waals surface area contributed by atoms with Crippen molar-refractivity contribution in [2.75, 3.05) is 39.0 Å². The number of carbonyl (C=O) groups is 2. The lowest BCUT2D eigenvalue weighted by Gasteiger charge is -2.22. The van der Waals surface area contributed by atoms with E-state index < -0.39 is 0 Å². The Balaban J connectivity index is 2.53. The molecule has 0 aromatic heterocycles. The minimum atomic E-state index is -0.193. The summed E-state index contributed by atoms with van der Waals surface area (Å²) in [5.74, 6) is -0.293. The number of halogens is 1. The van der Waals surface area contributed by atoms with E-state index in [0.717, 1.165) is 11.0 Å². The van der Waals surface area contributed by atoms with Crippen LogP contribution >= 0.6 is 15.9 Å². The zero-order valence-corrected chi connectivity index (χ0v) is 13.6. The van der Waals surface area contributed by atoms with Crippen LogP contribution in [0.5, 0.6) is 0 Å². The number of carbonyl (C=O) groups excluding carboxylic acids is 2. The minimum absolute atomic E-state index is 0.0687. The molecule has 0 saturated heterocycles. The van der Waals surface area contributed by atoms with Crippen LogP contribution in [0.4, 0.5) is 5.69 Å². The molecule has 0 unspecified atom stereocenters. The molecule has 1 aromatic carbocycles. The largest absolute Gasteiger partial charge is 0.332 e. The second-order valence-electron chi connectivity index (χ2n) is 4.80. The third-order valence-corrected chi connectivity index (χ3v) is 3.25. The van der Waals surface area contributed by atoms with Gasteiger partial charge in [0.05, 0.1) is 6.54 Å². The third-order valence-electron chi connectivity index (χ3n) is 2.72. The second-order valence-corrected chi connectivity index (χ2v) is 5.71. The van der Waals surface area contributed by atoms with Crippen molar-refractivity contribution >= 4 is 33.4 Å². The Kier molecular flexibility index (Phi) is 6.67. The molecule has 0 bridgehead atoms. The van der Waals surface area contributed by atoms with Gasteiger partial charge in [-0.1, -0.05) is 15.9 Å². The first-order chi connectivity index (χ1) is 9.38. The lowest BCUT2D eigenvalue weighted by atomic mass is 10.3. The molecule has 2 amide bonds. The van der Waals surface area contributed by atoms with Gasteiger partial charge in [-0.05, 0) is 38.4 Å². The van der Waals surface area contributed by atoms with Crippen molar-refractivity contribution in [3.05, 3.63) is 28.7 Å². The average Bonchev–Trinajstić information content (AvgIpc) is 2.36. The van der Waals surface area contributed by atoms with Crippen LogP contribution in [-0.2, 0) is 9.59 Å². The highest BCUT2D eigenvalue weighted by Gasteiger charge is 2.13. The summed E-state index contributed by atoms with van der Waals surface area (Å²) in [6, 6.07) is 7.31. The van der Waals surface area contributed by atoms with Crippen molar-refractivity contribution in [2.24, 2.45) is 0 Å². The number of nitrogens with one attached hydrogen (secondary N) is 1. The molecule has 5 nitrogen and oxygen atoms in total. The number of anilines is 1. The summed E-state index contributed by atoms with van der Waals surface area (Å²) in [5, 5.41) is 2.77. The molecule has 0 aliphatic carbocycles. The molecule has 1 N–H and O–H groups in total. The SMILES string of the molecule is CC(=O)N(CCN(C)C)CC(=O)Nc1ccc(Br)cc1. The number of hydrogen-bond donors (Lipinski definition) is 1. The molecule has 1 rings (SSSR count). The van der Waals surface area contributed by atoms with Crippen molar-refractivity contribution < 1.29 is 9.59 Å². The summed E-state index contributed by atoms with van der Waals surface area (Å²) in [6.07, 6.45) is 0. The fraction of sp³-hybridized carbons (Fsp3) is 0.429. The van der Waals surface area contributed by atoms with Crippen LogP contribution in [0.2, 0.25) is 0 Å². The first kappa shape index (κ1) is 16.7. The maximum Gasteiger partial charge on any atom is 0.243 e. The predicted octanol–water partition coefficient (Wildman–Crippen LogP) is 1.80. The molecular weight excluding hydrogens is 322 g/mol. The Bertz CT molecular complexity index is 460. The van der Waals surface area contributed by atoms with Crippen LogP contribution in [0.15, 0.2) is 28.7 Å². The fourth-order valence-electron chi connectivity index (χ4n) is 1.58. The first-order valence-corrected chi connectivity index (χ1v) is 7.13. The van der Waals surface area contributed by atoms with Gasteiger partial charge in [0, 0.05) is 30.2 Å². The lowest BCUT2D eigenvalue weighted by Crippen LogP contribution is -2.40. The number of likely N-dealkylation sites (N-methyl/N-ethyl adjacent to an activating group) is 1.